The molecular weight excluding hydrogens is 333 g/mol. The SMILES string of the molecule is CCOC(=O)c1sc(Nc2ccc(OC(F)(F)F)cc2)nc1C. The van der Waals surface area contributed by atoms with Crippen LogP contribution in [0.3, 0.4) is 0 Å². The fraction of sp³-hybridized carbons (Fsp3) is 0.286. The highest BCUT2D eigenvalue weighted by atomic mass is 32.1. The second kappa shape index (κ2) is 6.86. The van der Waals surface area contributed by atoms with Crippen LogP contribution in [0.15, 0.2) is 24.3 Å². The summed E-state index contributed by atoms with van der Waals surface area (Å²) < 4.78 is 45.0. The smallest absolute Gasteiger partial charge is 0.462 e. The third-order valence-electron chi connectivity index (χ3n) is 2.60. The number of aromatic nitrogens is 1. The van der Waals surface area contributed by atoms with Crippen LogP contribution in [0.25, 0.3) is 0 Å². The van der Waals surface area contributed by atoms with Gasteiger partial charge in [-0.1, -0.05) is 11.3 Å². The summed E-state index contributed by atoms with van der Waals surface area (Å²) in [5.41, 5.74) is 1.04. The van der Waals surface area contributed by atoms with Crippen molar-refractivity contribution >= 4 is 28.1 Å². The largest absolute Gasteiger partial charge is 0.573 e. The average Bonchev–Trinajstić information content (AvgIpc) is 2.80. The van der Waals surface area contributed by atoms with Crippen molar-refractivity contribution in [2.75, 3.05) is 11.9 Å². The zero-order valence-corrected chi connectivity index (χ0v) is 13.0. The van der Waals surface area contributed by atoms with E-state index in [0.717, 1.165) is 11.3 Å². The summed E-state index contributed by atoms with van der Waals surface area (Å²) in [6.07, 6.45) is -4.73. The molecule has 1 aromatic heterocycles. The van der Waals surface area contributed by atoms with Crippen LogP contribution in [0, 0.1) is 6.92 Å². The first-order valence-electron chi connectivity index (χ1n) is 6.56. The molecule has 0 aliphatic carbocycles. The molecular formula is C14H13F3N2O3S. The predicted octanol–water partition coefficient (Wildman–Crippen LogP) is 4.27. The van der Waals surface area contributed by atoms with Crippen molar-refractivity contribution in [3.8, 4) is 5.75 Å². The van der Waals surface area contributed by atoms with Crippen molar-refractivity contribution in [3.63, 3.8) is 0 Å². The molecule has 0 bridgehead atoms. The number of ether oxygens (including phenoxy) is 2. The predicted molar refractivity (Wildman–Crippen MR) is 79.2 cm³/mol. The van der Waals surface area contributed by atoms with Crippen molar-refractivity contribution < 1.29 is 27.4 Å². The lowest BCUT2D eigenvalue weighted by Crippen LogP contribution is -2.16. The van der Waals surface area contributed by atoms with Crippen LogP contribution >= 0.6 is 11.3 Å². The number of halogens is 3. The third kappa shape index (κ3) is 4.85. The lowest BCUT2D eigenvalue weighted by Gasteiger charge is -2.09. The maximum absolute atomic E-state index is 12.1. The molecule has 1 N–H and O–H groups in total. The Labute approximate surface area is 134 Å². The topological polar surface area (TPSA) is 60.5 Å². The second-order valence-electron chi connectivity index (χ2n) is 4.35. The average molecular weight is 346 g/mol. The Morgan fingerprint density at radius 3 is 2.52 bits per heavy atom. The number of carbonyl (C=O) groups excluding carboxylic acids is 1. The lowest BCUT2D eigenvalue weighted by molar-refractivity contribution is -0.274. The summed E-state index contributed by atoms with van der Waals surface area (Å²) in [4.78, 5) is 16.3. The molecule has 124 valence electrons. The highest BCUT2D eigenvalue weighted by molar-refractivity contribution is 7.17. The maximum atomic E-state index is 12.1. The maximum Gasteiger partial charge on any atom is 0.573 e. The van der Waals surface area contributed by atoms with Crippen LogP contribution in [0.2, 0.25) is 0 Å². The minimum atomic E-state index is -4.73. The Balaban J connectivity index is 2.08. The molecule has 0 aliphatic rings. The highest BCUT2D eigenvalue weighted by Crippen LogP contribution is 2.28. The normalized spacial score (nSPS) is 11.2. The molecule has 2 rings (SSSR count). The van der Waals surface area contributed by atoms with Crippen LogP contribution in [0.1, 0.15) is 22.3 Å². The molecule has 0 radical (unpaired) electrons. The molecule has 0 saturated heterocycles. The number of hydrogen-bond donors (Lipinski definition) is 1. The van der Waals surface area contributed by atoms with Gasteiger partial charge in [-0.05, 0) is 38.1 Å². The van der Waals surface area contributed by atoms with Gasteiger partial charge in [0.15, 0.2) is 5.13 Å². The van der Waals surface area contributed by atoms with E-state index in [9.17, 15) is 18.0 Å². The van der Waals surface area contributed by atoms with Crippen molar-refractivity contribution in [2.45, 2.75) is 20.2 Å². The minimum Gasteiger partial charge on any atom is -0.462 e. The van der Waals surface area contributed by atoms with Gasteiger partial charge in [0, 0.05) is 5.69 Å². The Bertz CT molecular complexity index is 684. The molecule has 0 aliphatic heterocycles. The molecule has 0 fully saturated rings. The Morgan fingerprint density at radius 1 is 1.30 bits per heavy atom. The van der Waals surface area contributed by atoms with Gasteiger partial charge in [-0.3, -0.25) is 0 Å². The van der Waals surface area contributed by atoms with Crippen molar-refractivity contribution in [3.05, 3.63) is 34.8 Å². The number of benzene rings is 1. The van der Waals surface area contributed by atoms with E-state index in [-0.39, 0.29) is 12.4 Å². The van der Waals surface area contributed by atoms with E-state index in [1.165, 1.54) is 24.3 Å². The third-order valence-corrected chi connectivity index (χ3v) is 3.65. The molecule has 9 heteroatoms. The fourth-order valence-corrected chi connectivity index (χ4v) is 2.58. The number of aryl methyl sites for hydroxylation is 1. The zero-order valence-electron chi connectivity index (χ0n) is 12.2. The van der Waals surface area contributed by atoms with E-state index in [2.05, 4.69) is 15.0 Å². The number of carbonyl (C=O) groups is 1. The van der Waals surface area contributed by atoms with E-state index in [1.54, 1.807) is 13.8 Å². The van der Waals surface area contributed by atoms with Crippen LogP contribution in [-0.2, 0) is 4.74 Å². The molecule has 0 unspecified atom stereocenters. The van der Waals surface area contributed by atoms with Crippen LogP contribution < -0.4 is 10.1 Å². The van der Waals surface area contributed by atoms with Gasteiger partial charge in [0.2, 0.25) is 0 Å². The summed E-state index contributed by atoms with van der Waals surface area (Å²) in [6, 6.07) is 5.20. The number of thiazole rings is 1. The number of rotatable bonds is 5. The molecule has 23 heavy (non-hydrogen) atoms. The summed E-state index contributed by atoms with van der Waals surface area (Å²) in [5.74, 6) is -0.768. The first-order chi connectivity index (χ1) is 10.8. The van der Waals surface area contributed by atoms with Gasteiger partial charge >= 0.3 is 12.3 Å². The van der Waals surface area contributed by atoms with E-state index in [4.69, 9.17) is 4.74 Å². The summed E-state index contributed by atoms with van der Waals surface area (Å²) in [7, 11) is 0. The summed E-state index contributed by atoms with van der Waals surface area (Å²) >= 11 is 1.11. The molecule has 1 aromatic carbocycles. The molecule has 0 spiro atoms. The van der Waals surface area contributed by atoms with Crippen molar-refractivity contribution in [1.29, 1.82) is 0 Å². The summed E-state index contributed by atoms with van der Waals surface area (Å²) in [5, 5.41) is 3.35. The van der Waals surface area contributed by atoms with Gasteiger partial charge in [0.1, 0.15) is 10.6 Å². The van der Waals surface area contributed by atoms with Crippen molar-refractivity contribution in [1.82, 2.24) is 4.98 Å². The first-order valence-corrected chi connectivity index (χ1v) is 7.37. The number of nitrogens with one attached hydrogen (secondary N) is 1. The van der Waals surface area contributed by atoms with Gasteiger partial charge in [-0.2, -0.15) is 0 Å². The Hall–Kier alpha value is -2.29. The molecule has 0 amide bonds. The quantitative estimate of drug-likeness (QED) is 0.819. The van der Waals surface area contributed by atoms with Gasteiger partial charge in [0.05, 0.1) is 12.3 Å². The number of hydrogen-bond acceptors (Lipinski definition) is 6. The number of esters is 1. The summed E-state index contributed by atoms with van der Waals surface area (Å²) in [6.45, 7) is 3.64. The number of alkyl halides is 3. The highest BCUT2D eigenvalue weighted by Gasteiger charge is 2.30. The molecule has 2 aromatic rings. The second-order valence-corrected chi connectivity index (χ2v) is 5.35. The molecule has 1 heterocycles. The van der Waals surface area contributed by atoms with Crippen LogP contribution in [0.5, 0.6) is 5.75 Å². The minimum absolute atomic E-state index is 0.263. The Morgan fingerprint density at radius 2 is 1.96 bits per heavy atom. The number of nitrogens with zero attached hydrogens (tertiary/aromatic N) is 1. The van der Waals surface area contributed by atoms with Crippen LogP contribution in [0.4, 0.5) is 24.0 Å². The van der Waals surface area contributed by atoms with E-state index in [1.807, 2.05) is 0 Å². The number of anilines is 2. The molecule has 0 saturated carbocycles. The van der Waals surface area contributed by atoms with E-state index < -0.39 is 12.3 Å². The van der Waals surface area contributed by atoms with Crippen molar-refractivity contribution in [2.24, 2.45) is 0 Å². The zero-order chi connectivity index (χ0) is 17.0. The standard InChI is InChI=1S/C14H13F3N2O3S/c1-3-21-12(20)11-8(2)18-13(23-11)19-9-4-6-10(7-5-9)22-14(15,16)17/h4-7H,3H2,1-2H3,(H,18,19). The lowest BCUT2D eigenvalue weighted by atomic mass is 10.3. The van der Waals surface area contributed by atoms with E-state index in [0.29, 0.717) is 21.4 Å². The molecule has 5 nitrogen and oxygen atoms in total. The first kappa shape index (κ1) is 17.1. The van der Waals surface area contributed by atoms with Gasteiger partial charge in [-0.15, -0.1) is 13.2 Å². The van der Waals surface area contributed by atoms with Gasteiger partial charge in [-0.25, -0.2) is 9.78 Å². The molecule has 0 atom stereocenters. The van der Waals surface area contributed by atoms with E-state index >= 15 is 0 Å². The monoisotopic (exact) mass is 346 g/mol. The van der Waals surface area contributed by atoms with Gasteiger partial charge < -0.3 is 14.8 Å². The fourth-order valence-electron chi connectivity index (χ4n) is 1.70. The Kier molecular flexibility index (Phi) is 5.09. The van der Waals surface area contributed by atoms with Crippen LogP contribution in [-0.4, -0.2) is 23.9 Å². The van der Waals surface area contributed by atoms with Gasteiger partial charge in [0.25, 0.3) is 0 Å².